The van der Waals surface area contributed by atoms with Gasteiger partial charge >= 0.3 is 0 Å². The normalized spacial score (nSPS) is 19.3. The minimum absolute atomic E-state index is 0.253. The Hall–Kier alpha value is -0.810. The number of nitrogens with one attached hydrogen (secondary N) is 1. The number of ether oxygens (including phenoxy) is 2. The predicted octanol–water partition coefficient (Wildman–Crippen LogP) is 3.29. The van der Waals surface area contributed by atoms with Gasteiger partial charge < -0.3 is 14.8 Å². The standard InChI is InChI=1S/C14H19BrFNO2/c1-18-13-10(7-9-5-3-4-6-17-9)12(16)8-11(15)14(13)19-2/h8-9,17H,3-7H2,1-2H3. The van der Waals surface area contributed by atoms with Crippen molar-refractivity contribution in [3.8, 4) is 11.5 Å². The minimum Gasteiger partial charge on any atom is -0.492 e. The minimum atomic E-state index is -0.253. The van der Waals surface area contributed by atoms with Crippen LogP contribution in [0.25, 0.3) is 0 Å². The van der Waals surface area contributed by atoms with Crippen molar-refractivity contribution in [2.45, 2.75) is 31.7 Å². The summed E-state index contributed by atoms with van der Waals surface area (Å²) in [5, 5.41) is 3.42. The molecule has 0 aromatic heterocycles. The molecule has 1 aliphatic heterocycles. The Morgan fingerprint density at radius 2 is 2.05 bits per heavy atom. The summed E-state index contributed by atoms with van der Waals surface area (Å²) in [6.45, 7) is 1.00. The van der Waals surface area contributed by atoms with Crippen molar-refractivity contribution in [1.82, 2.24) is 5.32 Å². The molecule has 1 N–H and O–H groups in total. The molecular weight excluding hydrogens is 313 g/mol. The molecule has 1 fully saturated rings. The lowest BCUT2D eigenvalue weighted by Crippen LogP contribution is -2.35. The third-order valence-electron chi connectivity index (χ3n) is 3.51. The smallest absolute Gasteiger partial charge is 0.175 e. The number of methoxy groups -OCH3 is 2. The Labute approximate surface area is 121 Å². The second-order valence-electron chi connectivity index (χ2n) is 4.74. The molecular formula is C14H19BrFNO2. The van der Waals surface area contributed by atoms with Crippen molar-refractivity contribution < 1.29 is 13.9 Å². The predicted molar refractivity (Wildman–Crippen MR) is 76.5 cm³/mol. The van der Waals surface area contributed by atoms with Gasteiger partial charge in [-0.25, -0.2) is 4.39 Å². The van der Waals surface area contributed by atoms with Gasteiger partial charge in [0.2, 0.25) is 0 Å². The Kier molecular flexibility index (Phi) is 5.05. The highest BCUT2D eigenvalue weighted by Crippen LogP contribution is 2.40. The van der Waals surface area contributed by atoms with Crippen LogP contribution < -0.4 is 14.8 Å². The lowest BCUT2D eigenvalue weighted by molar-refractivity contribution is 0.339. The zero-order valence-electron chi connectivity index (χ0n) is 11.3. The van der Waals surface area contributed by atoms with Gasteiger partial charge in [0.25, 0.3) is 0 Å². The highest BCUT2D eigenvalue weighted by atomic mass is 79.9. The first kappa shape index (κ1) is 14.6. The summed E-state index contributed by atoms with van der Waals surface area (Å²) in [7, 11) is 3.10. The summed E-state index contributed by atoms with van der Waals surface area (Å²) < 4.78 is 25.4. The Morgan fingerprint density at radius 1 is 1.32 bits per heavy atom. The van der Waals surface area contributed by atoms with Crippen LogP contribution in [0, 0.1) is 5.82 Å². The summed E-state index contributed by atoms with van der Waals surface area (Å²) >= 11 is 3.30. The maximum atomic E-state index is 14.2. The van der Waals surface area contributed by atoms with Gasteiger partial charge in [-0.2, -0.15) is 0 Å². The molecule has 1 heterocycles. The van der Waals surface area contributed by atoms with Crippen LogP contribution >= 0.6 is 15.9 Å². The van der Waals surface area contributed by atoms with Crippen LogP contribution in [0.1, 0.15) is 24.8 Å². The molecule has 0 spiro atoms. The third-order valence-corrected chi connectivity index (χ3v) is 4.10. The van der Waals surface area contributed by atoms with Crippen LogP contribution in [0.2, 0.25) is 0 Å². The van der Waals surface area contributed by atoms with Gasteiger partial charge in [0.05, 0.1) is 18.7 Å². The Bertz CT molecular complexity index is 448. The molecule has 0 amide bonds. The highest BCUT2D eigenvalue weighted by molar-refractivity contribution is 9.10. The van der Waals surface area contributed by atoms with Crippen LogP contribution in [-0.4, -0.2) is 26.8 Å². The number of rotatable bonds is 4. The molecule has 0 bridgehead atoms. The Morgan fingerprint density at radius 3 is 2.63 bits per heavy atom. The first-order valence-corrected chi connectivity index (χ1v) is 7.29. The van der Waals surface area contributed by atoms with E-state index in [0.717, 1.165) is 13.0 Å². The summed E-state index contributed by atoms with van der Waals surface area (Å²) in [6, 6.07) is 1.75. The van der Waals surface area contributed by atoms with Gasteiger partial charge in [0.15, 0.2) is 11.5 Å². The molecule has 1 aromatic carbocycles. The molecule has 0 aliphatic carbocycles. The van der Waals surface area contributed by atoms with Crippen LogP contribution in [0.15, 0.2) is 10.5 Å². The van der Waals surface area contributed by atoms with Crippen molar-refractivity contribution in [3.63, 3.8) is 0 Å². The van der Waals surface area contributed by atoms with Gasteiger partial charge in [0.1, 0.15) is 5.82 Å². The topological polar surface area (TPSA) is 30.5 Å². The molecule has 106 valence electrons. The van der Waals surface area contributed by atoms with E-state index in [2.05, 4.69) is 21.2 Å². The van der Waals surface area contributed by atoms with Crippen LogP contribution in [0.4, 0.5) is 4.39 Å². The zero-order chi connectivity index (χ0) is 13.8. The molecule has 5 heteroatoms. The summed E-state index contributed by atoms with van der Waals surface area (Å²) in [4.78, 5) is 0. The van der Waals surface area contributed by atoms with E-state index in [1.807, 2.05) is 0 Å². The van der Waals surface area contributed by atoms with E-state index in [4.69, 9.17) is 9.47 Å². The number of halogens is 2. The van der Waals surface area contributed by atoms with Crippen molar-refractivity contribution in [2.24, 2.45) is 0 Å². The van der Waals surface area contributed by atoms with E-state index >= 15 is 0 Å². The second-order valence-corrected chi connectivity index (χ2v) is 5.59. The van der Waals surface area contributed by atoms with Crippen molar-refractivity contribution in [1.29, 1.82) is 0 Å². The molecule has 1 aliphatic rings. The summed E-state index contributed by atoms with van der Waals surface area (Å²) in [6.07, 6.45) is 4.08. The quantitative estimate of drug-likeness (QED) is 0.918. The summed E-state index contributed by atoms with van der Waals surface area (Å²) in [5.74, 6) is 0.786. The molecule has 1 unspecified atom stereocenters. The molecule has 1 saturated heterocycles. The largest absolute Gasteiger partial charge is 0.492 e. The van der Waals surface area contributed by atoms with E-state index in [1.165, 1.54) is 18.9 Å². The fourth-order valence-electron chi connectivity index (χ4n) is 2.56. The zero-order valence-corrected chi connectivity index (χ0v) is 12.8. The third kappa shape index (κ3) is 3.20. The van der Waals surface area contributed by atoms with E-state index in [1.54, 1.807) is 14.2 Å². The highest BCUT2D eigenvalue weighted by Gasteiger charge is 2.22. The molecule has 19 heavy (non-hydrogen) atoms. The van der Waals surface area contributed by atoms with Gasteiger partial charge in [-0.05, 0) is 47.8 Å². The number of benzene rings is 1. The van der Waals surface area contributed by atoms with E-state index in [9.17, 15) is 4.39 Å². The number of hydrogen-bond acceptors (Lipinski definition) is 3. The van der Waals surface area contributed by atoms with Crippen LogP contribution in [-0.2, 0) is 6.42 Å². The van der Waals surface area contributed by atoms with E-state index < -0.39 is 0 Å². The SMILES string of the molecule is COc1c(Br)cc(F)c(CC2CCCCN2)c1OC. The van der Waals surface area contributed by atoms with Crippen molar-refractivity contribution in [2.75, 3.05) is 20.8 Å². The lowest BCUT2D eigenvalue weighted by Gasteiger charge is -2.25. The summed E-state index contributed by atoms with van der Waals surface area (Å²) in [5.41, 5.74) is 0.585. The molecule has 1 aromatic rings. The monoisotopic (exact) mass is 331 g/mol. The van der Waals surface area contributed by atoms with Crippen molar-refractivity contribution in [3.05, 3.63) is 21.9 Å². The van der Waals surface area contributed by atoms with Crippen LogP contribution in [0.3, 0.4) is 0 Å². The maximum absolute atomic E-state index is 14.2. The first-order chi connectivity index (χ1) is 9.17. The van der Waals surface area contributed by atoms with Gasteiger partial charge in [-0.3, -0.25) is 0 Å². The maximum Gasteiger partial charge on any atom is 0.175 e. The van der Waals surface area contributed by atoms with Gasteiger partial charge in [-0.1, -0.05) is 6.42 Å². The van der Waals surface area contributed by atoms with E-state index in [0.29, 0.717) is 34.0 Å². The van der Waals surface area contributed by atoms with E-state index in [-0.39, 0.29) is 5.82 Å². The fourth-order valence-corrected chi connectivity index (χ4v) is 3.10. The molecule has 3 nitrogen and oxygen atoms in total. The Balaban J connectivity index is 2.32. The second kappa shape index (κ2) is 6.57. The molecule has 0 radical (unpaired) electrons. The fraction of sp³-hybridized carbons (Fsp3) is 0.571. The average molecular weight is 332 g/mol. The number of piperidine rings is 1. The van der Waals surface area contributed by atoms with Gasteiger partial charge in [-0.15, -0.1) is 0 Å². The van der Waals surface area contributed by atoms with Crippen molar-refractivity contribution >= 4 is 15.9 Å². The lowest BCUT2D eigenvalue weighted by atomic mass is 9.96. The molecule has 0 saturated carbocycles. The van der Waals surface area contributed by atoms with Crippen LogP contribution in [0.5, 0.6) is 11.5 Å². The first-order valence-electron chi connectivity index (χ1n) is 6.49. The van der Waals surface area contributed by atoms with Gasteiger partial charge in [0, 0.05) is 11.6 Å². The average Bonchev–Trinajstić information content (AvgIpc) is 2.42. The molecule has 2 rings (SSSR count). The molecule has 1 atom stereocenters. The number of hydrogen-bond donors (Lipinski definition) is 1.